The quantitative estimate of drug-likeness (QED) is 0.766. The van der Waals surface area contributed by atoms with E-state index in [4.69, 9.17) is 10.5 Å². The van der Waals surface area contributed by atoms with Crippen LogP contribution in [0, 0.1) is 0 Å². The predicted octanol–water partition coefficient (Wildman–Crippen LogP) is 1.93. The van der Waals surface area contributed by atoms with E-state index in [0.29, 0.717) is 23.3 Å². The van der Waals surface area contributed by atoms with E-state index in [2.05, 4.69) is 5.32 Å². The molecule has 4 aliphatic rings. The molecule has 2 atom stereocenters. The highest BCUT2D eigenvalue weighted by molar-refractivity contribution is 6.01. The van der Waals surface area contributed by atoms with E-state index < -0.39 is 11.8 Å². The lowest BCUT2D eigenvalue weighted by atomic mass is 9.74. The summed E-state index contributed by atoms with van der Waals surface area (Å²) in [7, 11) is 0. The average molecular weight is 318 g/mol. The third-order valence-electron chi connectivity index (χ3n) is 4.99. The molecule has 1 aromatic rings. The fourth-order valence-corrected chi connectivity index (χ4v) is 3.84. The Labute approximate surface area is 138 Å². The minimum absolute atomic E-state index is 0.0581. The van der Waals surface area contributed by atoms with Gasteiger partial charge in [0.15, 0.2) is 11.4 Å². The normalized spacial score (nSPS) is 28.8. The van der Waals surface area contributed by atoms with Crippen LogP contribution in [-0.2, 0) is 4.79 Å². The third-order valence-corrected chi connectivity index (χ3v) is 4.99. The van der Waals surface area contributed by atoms with Gasteiger partial charge in [0.05, 0.1) is 0 Å². The van der Waals surface area contributed by atoms with Gasteiger partial charge in [0.2, 0.25) is 0 Å². The molecule has 5 nitrogen and oxygen atoms in total. The van der Waals surface area contributed by atoms with E-state index in [0.717, 1.165) is 16.7 Å². The van der Waals surface area contributed by atoms with Gasteiger partial charge in [-0.05, 0) is 29.9 Å². The van der Waals surface area contributed by atoms with Crippen molar-refractivity contribution in [3.63, 3.8) is 0 Å². The van der Waals surface area contributed by atoms with Crippen LogP contribution in [0.15, 0.2) is 53.7 Å². The molecule has 2 aliphatic heterocycles. The minimum Gasteiger partial charge on any atom is -0.473 e. The van der Waals surface area contributed by atoms with Gasteiger partial charge < -0.3 is 15.8 Å². The highest BCUT2D eigenvalue weighted by Gasteiger charge is 2.45. The van der Waals surface area contributed by atoms with Gasteiger partial charge in [-0.25, -0.2) is 0 Å². The number of ketones is 1. The molecule has 2 heterocycles. The number of hydrogen-bond donors (Lipinski definition) is 2. The second kappa shape index (κ2) is 4.33. The lowest BCUT2D eigenvalue weighted by molar-refractivity contribution is -0.114. The summed E-state index contributed by atoms with van der Waals surface area (Å²) in [5.41, 5.74) is 9.29. The molecular weight excluding hydrogens is 304 g/mol. The first-order valence-corrected chi connectivity index (χ1v) is 7.83. The number of hydrogen-bond acceptors (Lipinski definition) is 4. The second-order valence-corrected chi connectivity index (χ2v) is 6.36. The lowest BCUT2D eigenvalue weighted by Gasteiger charge is -2.42. The maximum atomic E-state index is 12.0. The number of fused-ring (bicyclic) bond motifs is 3. The summed E-state index contributed by atoms with van der Waals surface area (Å²) in [6, 6.07) is 3.65. The van der Waals surface area contributed by atoms with Crippen molar-refractivity contribution in [2.75, 3.05) is 0 Å². The Morgan fingerprint density at radius 2 is 2.12 bits per heavy atom. The Hall–Kier alpha value is -2.92. The zero-order chi connectivity index (χ0) is 16.5. The summed E-state index contributed by atoms with van der Waals surface area (Å²) in [6.45, 7) is 0. The number of benzene rings is 1. The molecule has 0 radical (unpaired) electrons. The number of nitrogens with one attached hydrogen (secondary N) is 1. The summed E-state index contributed by atoms with van der Waals surface area (Å²) < 4.78 is 6.44. The molecule has 2 aliphatic carbocycles. The number of carbonyl (C=O) groups excluding carboxylic acids is 2. The molecule has 1 spiro atoms. The minimum atomic E-state index is -0.782. The predicted molar refractivity (Wildman–Crippen MR) is 88.2 cm³/mol. The largest absolute Gasteiger partial charge is 0.473 e. The van der Waals surface area contributed by atoms with E-state index in [9.17, 15) is 9.59 Å². The van der Waals surface area contributed by atoms with E-state index in [1.54, 1.807) is 18.2 Å². The van der Waals surface area contributed by atoms with Gasteiger partial charge in [-0.2, -0.15) is 0 Å². The number of allylic oxidation sites excluding steroid dienone is 3. The molecule has 0 fully saturated rings. The van der Waals surface area contributed by atoms with Crippen LogP contribution in [0.1, 0.15) is 34.1 Å². The lowest BCUT2D eigenvalue weighted by Crippen LogP contribution is -2.43. The van der Waals surface area contributed by atoms with Crippen molar-refractivity contribution in [2.45, 2.75) is 18.2 Å². The van der Waals surface area contributed by atoms with Crippen LogP contribution >= 0.6 is 0 Å². The van der Waals surface area contributed by atoms with Gasteiger partial charge >= 0.3 is 0 Å². The Kier molecular flexibility index (Phi) is 2.44. The number of rotatable bonds is 0. The third kappa shape index (κ3) is 1.57. The topological polar surface area (TPSA) is 81.4 Å². The Bertz CT molecular complexity index is 952. The zero-order valence-corrected chi connectivity index (χ0v) is 12.7. The molecule has 5 rings (SSSR count). The molecule has 0 aromatic heterocycles. The van der Waals surface area contributed by atoms with Crippen molar-refractivity contribution in [3.8, 4) is 5.75 Å². The Balaban J connectivity index is 1.77. The number of carbonyl (C=O) groups is 2. The summed E-state index contributed by atoms with van der Waals surface area (Å²) in [5.74, 6) is 0.481. The molecule has 0 saturated heterocycles. The van der Waals surface area contributed by atoms with Gasteiger partial charge in [0, 0.05) is 28.7 Å². The molecule has 118 valence electrons. The Morgan fingerprint density at radius 1 is 1.25 bits per heavy atom. The van der Waals surface area contributed by atoms with Crippen molar-refractivity contribution in [1.82, 2.24) is 5.32 Å². The van der Waals surface area contributed by atoms with Crippen LogP contribution < -0.4 is 15.8 Å². The zero-order valence-electron chi connectivity index (χ0n) is 12.7. The summed E-state index contributed by atoms with van der Waals surface area (Å²) >= 11 is 0. The van der Waals surface area contributed by atoms with Gasteiger partial charge in [0.25, 0.3) is 5.91 Å². The molecule has 5 heteroatoms. The van der Waals surface area contributed by atoms with Crippen molar-refractivity contribution in [3.05, 3.63) is 70.3 Å². The van der Waals surface area contributed by atoms with Gasteiger partial charge in [-0.15, -0.1) is 0 Å². The summed E-state index contributed by atoms with van der Waals surface area (Å²) in [6.07, 6.45) is 11.0. The van der Waals surface area contributed by atoms with Crippen LogP contribution in [0.5, 0.6) is 5.75 Å². The van der Waals surface area contributed by atoms with Gasteiger partial charge in [-0.1, -0.05) is 24.3 Å². The fraction of sp³-hybridized carbons (Fsp3) is 0.158. The summed E-state index contributed by atoms with van der Waals surface area (Å²) in [4.78, 5) is 23.8. The molecule has 1 amide bonds. The average Bonchev–Trinajstić information content (AvgIpc) is 2.86. The first-order chi connectivity index (χ1) is 11.6. The number of nitrogens with two attached hydrogens (primary N) is 1. The van der Waals surface area contributed by atoms with Crippen LogP contribution in [-0.4, -0.2) is 17.3 Å². The van der Waals surface area contributed by atoms with E-state index in [1.165, 1.54) is 0 Å². The number of amides is 1. The Morgan fingerprint density at radius 3 is 3.00 bits per heavy atom. The van der Waals surface area contributed by atoms with Crippen LogP contribution in [0.2, 0.25) is 0 Å². The van der Waals surface area contributed by atoms with Gasteiger partial charge in [-0.3, -0.25) is 9.59 Å². The molecular formula is C19H14N2O3. The molecule has 24 heavy (non-hydrogen) atoms. The molecule has 0 saturated carbocycles. The standard InChI is InChI=1S/C19H14N2O3/c20-17-15-14(18(23)21-17)5-4-10-8-11-2-1-3-12-9-13(22)6-7-19(11,12)24-16(10)15/h1-8,17H,9,20H2,(H,21,23). The smallest absolute Gasteiger partial charge is 0.253 e. The maximum absolute atomic E-state index is 12.0. The van der Waals surface area contributed by atoms with Gasteiger partial charge in [0.1, 0.15) is 11.9 Å². The molecule has 0 bridgehead atoms. The summed E-state index contributed by atoms with van der Waals surface area (Å²) in [5, 5.41) is 2.72. The van der Waals surface area contributed by atoms with Crippen molar-refractivity contribution >= 4 is 17.8 Å². The highest BCUT2D eigenvalue weighted by atomic mass is 16.5. The van der Waals surface area contributed by atoms with E-state index in [-0.39, 0.29) is 11.7 Å². The SMILES string of the molecule is NC1NC(=O)c2ccc3c(c21)OC12C=CC(=O)CC1=CC=CC2=C3. The van der Waals surface area contributed by atoms with Crippen LogP contribution in [0.25, 0.3) is 6.08 Å². The molecule has 1 aromatic carbocycles. The van der Waals surface area contributed by atoms with Crippen LogP contribution in [0.4, 0.5) is 0 Å². The van der Waals surface area contributed by atoms with Crippen molar-refractivity contribution in [2.24, 2.45) is 5.73 Å². The van der Waals surface area contributed by atoms with Crippen molar-refractivity contribution in [1.29, 1.82) is 0 Å². The molecule has 3 N–H and O–H groups in total. The molecule has 2 unspecified atom stereocenters. The highest BCUT2D eigenvalue weighted by Crippen LogP contribution is 2.48. The number of ether oxygens (including phenoxy) is 1. The maximum Gasteiger partial charge on any atom is 0.253 e. The van der Waals surface area contributed by atoms with Crippen LogP contribution in [0.3, 0.4) is 0 Å². The first kappa shape index (κ1) is 13.5. The second-order valence-electron chi connectivity index (χ2n) is 6.36. The fourth-order valence-electron chi connectivity index (χ4n) is 3.84. The van der Waals surface area contributed by atoms with Crippen molar-refractivity contribution < 1.29 is 14.3 Å². The van der Waals surface area contributed by atoms with E-state index in [1.807, 2.05) is 30.4 Å². The monoisotopic (exact) mass is 318 g/mol. The van der Waals surface area contributed by atoms with E-state index >= 15 is 0 Å². The first-order valence-electron chi connectivity index (χ1n) is 7.83.